The summed E-state index contributed by atoms with van der Waals surface area (Å²) in [6.07, 6.45) is 4.29. The van der Waals surface area contributed by atoms with Crippen molar-refractivity contribution in [2.24, 2.45) is 10.3 Å². The Balaban J connectivity index is 1.40. The van der Waals surface area contributed by atoms with Crippen molar-refractivity contribution in [1.82, 2.24) is 9.29 Å². The van der Waals surface area contributed by atoms with Crippen LogP contribution in [0.2, 0.25) is 5.04 Å². The zero-order valence-electron chi connectivity index (χ0n) is 32.6. The summed E-state index contributed by atoms with van der Waals surface area (Å²) < 4.78 is 45.3. The van der Waals surface area contributed by atoms with Crippen LogP contribution in [0, 0.1) is 12.8 Å². The number of rotatable bonds is 11. The highest BCUT2D eigenvalue weighted by atomic mass is 32.2. The fourth-order valence-corrected chi connectivity index (χ4v) is 14.5. The Bertz CT molecular complexity index is 1800. The number of carbonyl (C=O) groups excluding carboxylic acids is 2. The lowest BCUT2D eigenvalue weighted by Gasteiger charge is -2.43. The molecule has 4 atom stereocenters. The first kappa shape index (κ1) is 40.6. The van der Waals surface area contributed by atoms with E-state index in [1.165, 1.54) is 21.8 Å². The van der Waals surface area contributed by atoms with Gasteiger partial charge in [-0.3, -0.25) is 4.79 Å². The molecular formula is C41H57N3O7SSi. The van der Waals surface area contributed by atoms with Crippen LogP contribution in [0.3, 0.4) is 0 Å². The molecule has 10 nitrogen and oxygen atoms in total. The first-order valence-corrected chi connectivity index (χ1v) is 22.2. The van der Waals surface area contributed by atoms with Gasteiger partial charge in [-0.25, -0.2) is 14.0 Å². The zero-order valence-corrected chi connectivity index (χ0v) is 34.4. The summed E-state index contributed by atoms with van der Waals surface area (Å²) in [5.74, 6) is -0.0297. The van der Waals surface area contributed by atoms with Crippen molar-refractivity contribution >= 4 is 40.7 Å². The van der Waals surface area contributed by atoms with Crippen LogP contribution in [0.5, 0.6) is 5.88 Å². The summed E-state index contributed by atoms with van der Waals surface area (Å²) in [6, 6.07) is 23.9. The summed E-state index contributed by atoms with van der Waals surface area (Å²) in [5.41, 5.74) is -0.198. The van der Waals surface area contributed by atoms with Gasteiger partial charge in [-0.05, 0) is 99.7 Å². The summed E-state index contributed by atoms with van der Waals surface area (Å²) in [7, 11) is -5.12. The van der Waals surface area contributed by atoms with Crippen molar-refractivity contribution in [2.45, 2.75) is 121 Å². The summed E-state index contributed by atoms with van der Waals surface area (Å²) >= 11 is 0. The van der Waals surface area contributed by atoms with E-state index in [-0.39, 0.29) is 28.5 Å². The zero-order chi connectivity index (χ0) is 38.4. The number of methoxy groups -OCH3 is 1. The van der Waals surface area contributed by atoms with E-state index in [0.717, 1.165) is 32.1 Å². The number of hydrogen-bond donors (Lipinski definition) is 0. The van der Waals surface area contributed by atoms with E-state index in [2.05, 4.69) is 85.8 Å². The number of hydrogen-bond acceptors (Lipinski definition) is 8. The maximum absolute atomic E-state index is 15.2. The van der Waals surface area contributed by atoms with Gasteiger partial charge >= 0.3 is 12.1 Å². The fraction of sp³-hybridized carbons (Fsp3) is 0.537. The Morgan fingerprint density at radius 3 is 2.13 bits per heavy atom. The highest BCUT2D eigenvalue weighted by Crippen LogP contribution is 2.39. The second-order valence-corrected chi connectivity index (χ2v) is 22.6. The fourth-order valence-electron chi connectivity index (χ4n) is 7.73. The molecule has 1 aliphatic heterocycles. The summed E-state index contributed by atoms with van der Waals surface area (Å²) in [4.78, 5) is 30.9. The third-order valence-electron chi connectivity index (χ3n) is 10.1. The number of aromatic nitrogens is 1. The molecule has 2 aromatic carbocycles. The topological polar surface area (TPSA) is 117 Å². The van der Waals surface area contributed by atoms with Crippen LogP contribution in [-0.4, -0.2) is 71.9 Å². The van der Waals surface area contributed by atoms with E-state index in [4.69, 9.17) is 23.6 Å². The number of aryl methyl sites for hydroxylation is 1. The Hall–Kier alpha value is -3.58. The minimum absolute atomic E-state index is 0.110. The van der Waals surface area contributed by atoms with Crippen LogP contribution in [0.15, 0.2) is 82.1 Å². The standard InChI is InChI=1S/C41H57N3O7SSi/c1-30-24-25-36(52(47,43-39(46)51-40(2,3)4)44-27-16-23-35(44)38(45)48-8)37(42-30)50-32-18-15-17-31(29-32)26-28-49-53(41(5,6)7,33-19-11-9-12-20-33)34-21-13-10-14-22-34/h9-14,19-22,24-25,31-32,35H,15-18,23,26-29H2,1-8H3/t31-,32-,35-,52-/m0/s1. The maximum Gasteiger partial charge on any atom is 0.443 e. The third-order valence-corrected chi connectivity index (χ3v) is 17.5. The van der Waals surface area contributed by atoms with Crippen molar-refractivity contribution in [2.75, 3.05) is 20.3 Å². The Morgan fingerprint density at radius 2 is 1.55 bits per heavy atom. The summed E-state index contributed by atoms with van der Waals surface area (Å²) in [5, 5.41) is 2.41. The van der Waals surface area contributed by atoms with Gasteiger partial charge in [0.05, 0.1) is 7.11 Å². The van der Waals surface area contributed by atoms with E-state index in [1.54, 1.807) is 32.9 Å². The van der Waals surface area contributed by atoms with Crippen molar-refractivity contribution in [3.8, 4) is 5.88 Å². The van der Waals surface area contributed by atoms with Gasteiger partial charge in [0.1, 0.15) is 22.6 Å². The van der Waals surface area contributed by atoms with Crippen LogP contribution in [0.25, 0.3) is 0 Å². The first-order valence-electron chi connectivity index (χ1n) is 18.8. The highest BCUT2D eigenvalue weighted by Gasteiger charge is 2.50. The van der Waals surface area contributed by atoms with Gasteiger partial charge in [-0.2, -0.15) is 4.31 Å². The molecule has 1 amide bonds. The lowest BCUT2D eigenvalue weighted by Crippen LogP contribution is -2.66. The average Bonchev–Trinajstić information content (AvgIpc) is 3.61. The van der Waals surface area contributed by atoms with Gasteiger partial charge in [0, 0.05) is 18.8 Å². The molecule has 2 aliphatic rings. The number of amides is 1. The molecule has 1 saturated carbocycles. The predicted molar refractivity (Wildman–Crippen MR) is 210 cm³/mol. The largest absolute Gasteiger partial charge is 0.473 e. The van der Waals surface area contributed by atoms with Crippen molar-refractivity contribution in [3.05, 3.63) is 78.5 Å². The smallest absolute Gasteiger partial charge is 0.443 e. The van der Waals surface area contributed by atoms with Crippen LogP contribution in [-0.2, 0) is 28.6 Å². The third kappa shape index (κ3) is 9.39. The Morgan fingerprint density at radius 1 is 0.906 bits per heavy atom. The molecule has 1 aromatic heterocycles. The Labute approximate surface area is 317 Å². The lowest BCUT2D eigenvalue weighted by atomic mass is 9.85. The van der Waals surface area contributed by atoms with Crippen molar-refractivity contribution < 1.29 is 32.4 Å². The van der Waals surface area contributed by atoms with Gasteiger partial charge in [0.15, 0.2) is 9.92 Å². The van der Waals surface area contributed by atoms with Gasteiger partial charge in [0.25, 0.3) is 8.32 Å². The number of pyridine rings is 1. The summed E-state index contributed by atoms with van der Waals surface area (Å²) in [6.45, 7) is 14.8. The van der Waals surface area contributed by atoms with E-state index < -0.39 is 41.9 Å². The molecule has 0 radical (unpaired) electrons. The molecule has 2 heterocycles. The normalized spacial score (nSPS) is 21.0. The molecule has 0 spiro atoms. The van der Waals surface area contributed by atoms with E-state index in [9.17, 15) is 9.59 Å². The van der Waals surface area contributed by atoms with Crippen LogP contribution in [0.4, 0.5) is 4.79 Å². The molecule has 53 heavy (non-hydrogen) atoms. The highest BCUT2D eigenvalue weighted by molar-refractivity contribution is 7.91. The molecule has 1 saturated heterocycles. The lowest BCUT2D eigenvalue weighted by molar-refractivity contribution is -0.144. The molecule has 288 valence electrons. The SMILES string of the molecule is COC(=O)[C@@H]1CCCN1[S@@](=O)(=NC(=O)OC(C)(C)C)c1ccc(C)nc1O[C@H]1CCC[C@@H](CCO[Si](c2ccccc2)(c2ccccc2)C(C)(C)C)C1. The van der Waals surface area contributed by atoms with E-state index in [1.807, 2.05) is 6.92 Å². The average molecular weight is 764 g/mol. The molecule has 0 N–H and O–H groups in total. The molecule has 3 aromatic rings. The molecule has 1 aliphatic carbocycles. The van der Waals surface area contributed by atoms with Crippen molar-refractivity contribution in [1.29, 1.82) is 0 Å². The monoisotopic (exact) mass is 763 g/mol. The minimum Gasteiger partial charge on any atom is -0.473 e. The Kier molecular flexibility index (Phi) is 12.9. The molecule has 5 rings (SSSR count). The molecular weight excluding hydrogens is 707 g/mol. The van der Waals surface area contributed by atoms with Gasteiger partial charge < -0.3 is 18.6 Å². The van der Waals surface area contributed by atoms with E-state index in [0.29, 0.717) is 31.1 Å². The van der Waals surface area contributed by atoms with Crippen molar-refractivity contribution in [3.63, 3.8) is 0 Å². The number of benzene rings is 2. The maximum atomic E-state index is 15.2. The second kappa shape index (κ2) is 16.8. The molecule has 2 fully saturated rings. The molecule has 12 heteroatoms. The minimum atomic E-state index is -3.75. The molecule has 0 unspecified atom stereocenters. The van der Waals surface area contributed by atoms with Crippen LogP contribution in [0.1, 0.15) is 92.2 Å². The van der Waals surface area contributed by atoms with E-state index >= 15 is 4.21 Å². The van der Waals surface area contributed by atoms with Gasteiger partial charge in [-0.15, -0.1) is 4.36 Å². The number of nitrogens with zero attached hydrogens (tertiary/aromatic N) is 3. The quantitative estimate of drug-likeness (QED) is 0.145. The van der Waals surface area contributed by atoms with Gasteiger partial charge in [-0.1, -0.05) is 87.9 Å². The number of ether oxygens (including phenoxy) is 3. The van der Waals surface area contributed by atoms with Crippen LogP contribution < -0.4 is 15.1 Å². The second-order valence-electron chi connectivity index (χ2n) is 16.2. The van der Waals surface area contributed by atoms with Gasteiger partial charge in [0.2, 0.25) is 5.88 Å². The van der Waals surface area contributed by atoms with Crippen LogP contribution >= 0.6 is 0 Å². The number of esters is 1. The molecule has 0 bridgehead atoms. The number of carbonyl (C=O) groups is 2. The predicted octanol–water partition coefficient (Wildman–Crippen LogP) is 7.61. The first-order chi connectivity index (χ1) is 25.1.